The third kappa shape index (κ3) is 4.44. The fourth-order valence-corrected chi connectivity index (χ4v) is 2.59. The highest BCUT2D eigenvalue weighted by molar-refractivity contribution is 5.67. The zero-order valence-corrected chi connectivity index (χ0v) is 12.3. The van der Waals surface area contributed by atoms with E-state index >= 15 is 0 Å². The van der Waals surface area contributed by atoms with Gasteiger partial charge in [0.1, 0.15) is 12.2 Å². The molecule has 21 heavy (non-hydrogen) atoms. The number of carbonyl (C=O) groups is 1. The third-order valence-corrected chi connectivity index (χ3v) is 4.07. The summed E-state index contributed by atoms with van der Waals surface area (Å²) in [5.74, 6) is 0.394. The van der Waals surface area contributed by atoms with Crippen LogP contribution in [0.3, 0.4) is 0 Å². The predicted octanol–water partition coefficient (Wildman–Crippen LogP) is 1.82. The Morgan fingerprint density at radius 3 is 2.81 bits per heavy atom. The van der Waals surface area contributed by atoms with E-state index in [0.29, 0.717) is 18.8 Å². The van der Waals surface area contributed by atoms with Crippen LogP contribution >= 0.6 is 0 Å². The van der Waals surface area contributed by atoms with E-state index in [1.807, 2.05) is 37.3 Å². The Balaban J connectivity index is 1.76. The van der Waals surface area contributed by atoms with Crippen LogP contribution in [0.1, 0.15) is 31.7 Å². The highest BCUT2D eigenvalue weighted by Crippen LogP contribution is 2.31. The summed E-state index contributed by atoms with van der Waals surface area (Å²) >= 11 is 0. The molecule has 1 aromatic carbocycles. The van der Waals surface area contributed by atoms with E-state index in [0.717, 1.165) is 12.0 Å². The molecule has 0 radical (unpaired) electrons. The minimum atomic E-state index is -1.25. The lowest BCUT2D eigenvalue weighted by Gasteiger charge is -2.39. The molecule has 116 valence electrons. The van der Waals surface area contributed by atoms with Gasteiger partial charge in [-0.1, -0.05) is 37.3 Å². The zero-order chi connectivity index (χ0) is 15.3. The predicted molar refractivity (Wildman–Crippen MR) is 78.6 cm³/mol. The van der Waals surface area contributed by atoms with Crippen LogP contribution in [0.15, 0.2) is 30.3 Å². The summed E-state index contributed by atoms with van der Waals surface area (Å²) in [7, 11) is 0. The topological polar surface area (TPSA) is 78.8 Å². The average molecular weight is 293 g/mol. The summed E-state index contributed by atoms with van der Waals surface area (Å²) in [6.07, 6.45) is 0.480. The fraction of sp³-hybridized carbons (Fsp3) is 0.562. The van der Waals surface area contributed by atoms with E-state index in [9.17, 15) is 15.0 Å². The summed E-state index contributed by atoms with van der Waals surface area (Å²) in [5, 5.41) is 22.9. The molecular weight excluding hydrogens is 270 g/mol. The van der Waals surface area contributed by atoms with E-state index < -0.39 is 17.8 Å². The van der Waals surface area contributed by atoms with Crippen molar-refractivity contribution in [3.8, 4) is 0 Å². The number of amides is 1. The van der Waals surface area contributed by atoms with Gasteiger partial charge in [-0.2, -0.15) is 0 Å². The van der Waals surface area contributed by atoms with Gasteiger partial charge in [0.25, 0.3) is 0 Å². The van der Waals surface area contributed by atoms with Gasteiger partial charge in [0.2, 0.25) is 0 Å². The molecule has 0 aliphatic heterocycles. The summed E-state index contributed by atoms with van der Waals surface area (Å²) in [6, 6.07) is 9.38. The molecule has 0 aromatic heterocycles. The van der Waals surface area contributed by atoms with Crippen LogP contribution in [0.25, 0.3) is 0 Å². The molecule has 1 aliphatic carbocycles. The molecule has 0 bridgehead atoms. The van der Waals surface area contributed by atoms with Crippen molar-refractivity contribution in [2.45, 2.75) is 44.5 Å². The van der Waals surface area contributed by atoms with Crippen molar-refractivity contribution in [2.24, 2.45) is 5.92 Å². The second kappa shape index (κ2) is 6.91. The molecule has 0 heterocycles. The SMILES string of the molecule is C[C@H]1CC[C@](O)(CNC(=O)OCc2ccccc2)[C@@H](O)C1. The van der Waals surface area contributed by atoms with Crippen LogP contribution in [0, 0.1) is 5.92 Å². The number of nitrogens with one attached hydrogen (secondary N) is 1. The quantitative estimate of drug-likeness (QED) is 0.791. The first-order valence-electron chi connectivity index (χ1n) is 7.34. The Bertz CT molecular complexity index is 465. The molecule has 3 N–H and O–H groups in total. The van der Waals surface area contributed by atoms with Crippen molar-refractivity contribution in [3.05, 3.63) is 35.9 Å². The largest absolute Gasteiger partial charge is 0.445 e. The van der Waals surface area contributed by atoms with Crippen LogP contribution in [0.4, 0.5) is 4.79 Å². The monoisotopic (exact) mass is 293 g/mol. The van der Waals surface area contributed by atoms with Gasteiger partial charge >= 0.3 is 6.09 Å². The van der Waals surface area contributed by atoms with E-state index in [-0.39, 0.29) is 13.2 Å². The molecular formula is C16H23NO4. The lowest BCUT2D eigenvalue weighted by molar-refractivity contribution is -0.107. The molecule has 1 aromatic rings. The first-order valence-corrected chi connectivity index (χ1v) is 7.34. The molecule has 3 atom stereocenters. The van der Waals surface area contributed by atoms with Gasteiger partial charge in [0.15, 0.2) is 0 Å². The smallest absolute Gasteiger partial charge is 0.407 e. The number of hydrogen-bond donors (Lipinski definition) is 3. The number of hydrogen-bond acceptors (Lipinski definition) is 4. The van der Waals surface area contributed by atoms with Crippen molar-refractivity contribution in [1.82, 2.24) is 5.32 Å². The Morgan fingerprint density at radius 2 is 2.14 bits per heavy atom. The van der Waals surface area contributed by atoms with Gasteiger partial charge in [-0.3, -0.25) is 0 Å². The molecule has 2 rings (SSSR count). The van der Waals surface area contributed by atoms with E-state index in [2.05, 4.69) is 5.32 Å². The van der Waals surface area contributed by atoms with Crippen LogP contribution in [0.2, 0.25) is 0 Å². The van der Waals surface area contributed by atoms with Crippen molar-refractivity contribution in [3.63, 3.8) is 0 Å². The van der Waals surface area contributed by atoms with Gasteiger partial charge in [-0.15, -0.1) is 0 Å². The number of alkyl carbamates (subject to hydrolysis) is 1. The second-order valence-electron chi connectivity index (χ2n) is 5.91. The van der Waals surface area contributed by atoms with Crippen LogP contribution in [-0.4, -0.2) is 34.6 Å². The van der Waals surface area contributed by atoms with Crippen LogP contribution < -0.4 is 5.32 Å². The van der Waals surface area contributed by atoms with Crippen molar-refractivity contribution in [2.75, 3.05) is 6.54 Å². The minimum Gasteiger partial charge on any atom is -0.445 e. The number of rotatable bonds is 4. The maximum absolute atomic E-state index is 11.6. The number of aliphatic hydroxyl groups is 2. The Morgan fingerprint density at radius 1 is 1.43 bits per heavy atom. The normalized spacial score (nSPS) is 28.9. The second-order valence-corrected chi connectivity index (χ2v) is 5.91. The van der Waals surface area contributed by atoms with E-state index in [1.165, 1.54) is 0 Å². The number of carbonyl (C=O) groups excluding carboxylic acids is 1. The highest BCUT2D eigenvalue weighted by atomic mass is 16.5. The van der Waals surface area contributed by atoms with Crippen molar-refractivity contribution in [1.29, 1.82) is 0 Å². The summed E-state index contributed by atoms with van der Waals surface area (Å²) in [4.78, 5) is 11.6. The Labute approximate surface area is 124 Å². The summed E-state index contributed by atoms with van der Waals surface area (Å²) in [5.41, 5.74) is -0.351. The number of aliphatic hydroxyl groups excluding tert-OH is 1. The first-order chi connectivity index (χ1) is 9.99. The summed E-state index contributed by atoms with van der Waals surface area (Å²) in [6.45, 7) is 2.24. The zero-order valence-electron chi connectivity index (χ0n) is 12.3. The van der Waals surface area contributed by atoms with Gasteiger partial charge in [0.05, 0.1) is 12.6 Å². The van der Waals surface area contributed by atoms with Gasteiger partial charge in [-0.25, -0.2) is 4.79 Å². The van der Waals surface area contributed by atoms with Crippen LogP contribution in [-0.2, 0) is 11.3 Å². The lowest BCUT2D eigenvalue weighted by atomic mass is 9.77. The molecule has 5 nitrogen and oxygen atoms in total. The maximum Gasteiger partial charge on any atom is 0.407 e. The van der Waals surface area contributed by atoms with Gasteiger partial charge < -0.3 is 20.3 Å². The first kappa shape index (κ1) is 15.8. The van der Waals surface area contributed by atoms with E-state index in [4.69, 9.17) is 4.74 Å². The Kier molecular flexibility index (Phi) is 5.20. The molecule has 1 aliphatic rings. The fourth-order valence-electron chi connectivity index (χ4n) is 2.59. The summed E-state index contributed by atoms with van der Waals surface area (Å²) < 4.78 is 5.08. The Hall–Kier alpha value is -1.59. The minimum absolute atomic E-state index is 0.00844. The standard InChI is InChI=1S/C16H23NO4/c1-12-7-8-16(20,14(18)9-12)11-17-15(19)21-10-13-5-3-2-4-6-13/h2-6,12,14,18,20H,7-11H2,1H3,(H,17,19)/t12-,14-,16-/m0/s1. The third-order valence-electron chi connectivity index (χ3n) is 4.07. The number of benzene rings is 1. The van der Waals surface area contributed by atoms with Crippen molar-refractivity contribution >= 4 is 6.09 Å². The maximum atomic E-state index is 11.6. The average Bonchev–Trinajstić information content (AvgIpc) is 2.49. The molecule has 0 spiro atoms. The molecule has 1 fully saturated rings. The molecule has 1 amide bonds. The van der Waals surface area contributed by atoms with Crippen molar-refractivity contribution < 1.29 is 19.7 Å². The molecule has 5 heteroatoms. The molecule has 1 saturated carbocycles. The van der Waals surface area contributed by atoms with Gasteiger partial charge in [-0.05, 0) is 30.7 Å². The van der Waals surface area contributed by atoms with E-state index in [1.54, 1.807) is 0 Å². The molecule has 0 saturated heterocycles. The van der Waals surface area contributed by atoms with Gasteiger partial charge in [0, 0.05) is 0 Å². The number of ether oxygens (including phenoxy) is 1. The molecule has 0 unspecified atom stereocenters. The highest BCUT2D eigenvalue weighted by Gasteiger charge is 2.40. The lowest BCUT2D eigenvalue weighted by Crippen LogP contribution is -2.54. The van der Waals surface area contributed by atoms with Crippen LogP contribution in [0.5, 0.6) is 0 Å².